The zero-order chi connectivity index (χ0) is 19.0. The molecule has 2 aromatic heterocycles. The van der Waals surface area contributed by atoms with E-state index >= 15 is 0 Å². The molecule has 3 heterocycles. The number of benzene rings is 1. The van der Waals surface area contributed by atoms with Crippen molar-refractivity contribution in [2.75, 3.05) is 12.0 Å². The maximum atomic E-state index is 13.0. The Hall–Kier alpha value is -1.77. The van der Waals surface area contributed by atoms with Gasteiger partial charge in [0.15, 0.2) is 0 Å². The van der Waals surface area contributed by atoms with Gasteiger partial charge in [-0.05, 0) is 36.8 Å². The molecular formula is C19H19N3O2S3. The van der Waals surface area contributed by atoms with Gasteiger partial charge in [-0.25, -0.2) is 4.98 Å². The molecule has 1 aromatic carbocycles. The van der Waals surface area contributed by atoms with Crippen LogP contribution in [0.3, 0.4) is 0 Å². The molecule has 1 amide bonds. The summed E-state index contributed by atoms with van der Waals surface area (Å²) in [5.41, 5.74) is 1.70. The van der Waals surface area contributed by atoms with Gasteiger partial charge in [-0.2, -0.15) is 11.8 Å². The number of carbonyl (C=O) groups excluding carboxylic acids is 1. The molecule has 1 unspecified atom stereocenters. The summed E-state index contributed by atoms with van der Waals surface area (Å²) in [5.74, 6) is 2.13. The topological polar surface area (TPSA) is 74.8 Å². The zero-order valence-corrected chi connectivity index (χ0v) is 17.4. The molecule has 0 fully saturated rings. The Kier molecular flexibility index (Phi) is 5.29. The molecular weight excluding hydrogens is 398 g/mol. The summed E-state index contributed by atoms with van der Waals surface area (Å²) in [4.78, 5) is 35.2. The average molecular weight is 418 g/mol. The van der Waals surface area contributed by atoms with Crippen molar-refractivity contribution in [2.24, 2.45) is 0 Å². The van der Waals surface area contributed by atoms with Crippen molar-refractivity contribution in [3.63, 3.8) is 0 Å². The highest BCUT2D eigenvalue weighted by molar-refractivity contribution is 7.99. The second-order valence-electron chi connectivity index (χ2n) is 6.38. The van der Waals surface area contributed by atoms with Crippen LogP contribution in [0.1, 0.15) is 39.1 Å². The SMILES string of the molecule is CSCc1nc2sc(C(=O)NC3CCSc4ccccc43)c(C)c2c(=O)[nH]1. The van der Waals surface area contributed by atoms with Crippen molar-refractivity contribution in [1.29, 1.82) is 0 Å². The van der Waals surface area contributed by atoms with Gasteiger partial charge in [0.1, 0.15) is 10.7 Å². The number of H-pyrrole nitrogens is 1. The van der Waals surface area contributed by atoms with Gasteiger partial charge in [0.2, 0.25) is 0 Å². The molecule has 0 aliphatic carbocycles. The normalized spacial score (nSPS) is 16.3. The number of rotatable bonds is 4. The average Bonchev–Trinajstić information content (AvgIpc) is 2.99. The number of aromatic amines is 1. The van der Waals surface area contributed by atoms with Crippen LogP contribution in [0, 0.1) is 6.92 Å². The summed E-state index contributed by atoms with van der Waals surface area (Å²) < 4.78 is 0. The monoisotopic (exact) mass is 417 g/mol. The summed E-state index contributed by atoms with van der Waals surface area (Å²) >= 11 is 4.72. The molecule has 27 heavy (non-hydrogen) atoms. The molecule has 1 aliphatic rings. The van der Waals surface area contributed by atoms with E-state index in [9.17, 15) is 9.59 Å². The number of aryl methyl sites for hydroxylation is 1. The van der Waals surface area contributed by atoms with Gasteiger partial charge in [-0.3, -0.25) is 9.59 Å². The third-order valence-electron chi connectivity index (χ3n) is 4.60. The van der Waals surface area contributed by atoms with Crippen LogP contribution in [0.15, 0.2) is 34.0 Å². The van der Waals surface area contributed by atoms with Gasteiger partial charge >= 0.3 is 0 Å². The van der Waals surface area contributed by atoms with Crippen LogP contribution >= 0.6 is 34.9 Å². The lowest BCUT2D eigenvalue weighted by Gasteiger charge is -2.25. The first-order valence-corrected chi connectivity index (χ1v) is 11.8. The van der Waals surface area contributed by atoms with Crippen LogP contribution in [-0.4, -0.2) is 27.9 Å². The highest BCUT2D eigenvalue weighted by Crippen LogP contribution is 2.36. The fourth-order valence-electron chi connectivity index (χ4n) is 3.33. The molecule has 4 rings (SSSR count). The van der Waals surface area contributed by atoms with Crippen molar-refractivity contribution in [2.45, 2.75) is 30.0 Å². The summed E-state index contributed by atoms with van der Waals surface area (Å²) in [6, 6.07) is 8.20. The molecule has 0 radical (unpaired) electrons. The van der Waals surface area contributed by atoms with Crippen LogP contribution in [0.2, 0.25) is 0 Å². The predicted octanol–water partition coefficient (Wildman–Crippen LogP) is 4.12. The quantitative estimate of drug-likeness (QED) is 0.668. The Morgan fingerprint density at radius 1 is 1.41 bits per heavy atom. The smallest absolute Gasteiger partial charge is 0.262 e. The third-order valence-corrected chi connectivity index (χ3v) is 7.47. The van der Waals surface area contributed by atoms with Crippen LogP contribution in [0.4, 0.5) is 0 Å². The van der Waals surface area contributed by atoms with Crippen molar-refractivity contribution in [3.8, 4) is 0 Å². The predicted molar refractivity (Wildman–Crippen MR) is 114 cm³/mol. The fraction of sp³-hybridized carbons (Fsp3) is 0.316. The number of thiophene rings is 1. The lowest BCUT2D eigenvalue weighted by Crippen LogP contribution is -2.30. The van der Waals surface area contributed by atoms with Crippen molar-refractivity contribution in [1.82, 2.24) is 15.3 Å². The van der Waals surface area contributed by atoms with E-state index in [4.69, 9.17) is 0 Å². The number of hydrogen-bond donors (Lipinski definition) is 2. The van der Waals surface area contributed by atoms with Gasteiger partial charge in [0.05, 0.1) is 22.1 Å². The van der Waals surface area contributed by atoms with Crippen molar-refractivity contribution < 1.29 is 4.79 Å². The Morgan fingerprint density at radius 2 is 2.22 bits per heavy atom. The number of carbonyl (C=O) groups is 1. The van der Waals surface area contributed by atoms with Gasteiger partial charge < -0.3 is 10.3 Å². The molecule has 2 N–H and O–H groups in total. The van der Waals surface area contributed by atoms with Crippen LogP contribution in [0.25, 0.3) is 10.2 Å². The first-order chi connectivity index (χ1) is 13.1. The zero-order valence-electron chi connectivity index (χ0n) is 15.0. The number of hydrogen-bond acceptors (Lipinski definition) is 6. The molecule has 0 bridgehead atoms. The van der Waals surface area contributed by atoms with Gasteiger partial charge in [-0.1, -0.05) is 18.2 Å². The number of amides is 1. The maximum absolute atomic E-state index is 13.0. The van der Waals surface area contributed by atoms with Gasteiger partial charge in [-0.15, -0.1) is 23.1 Å². The largest absolute Gasteiger partial charge is 0.344 e. The number of nitrogens with one attached hydrogen (secondary N) is 2. The first-order valence-electron chi connectivity index (χ1n) is 8.62. The highest BCUT2D eigenvalue weighted by atomic mass is 32.2. The second kappa shape index (κ2) is 7.69. The standard InChI is InChI=1S/C19H19N3O2S3/c1-10-15-17(23)21-14(9-25-2)22-19(15)27-16(10)18(24)20-12-7-8-26-13-6-4-3-5-11(12)13/h3-6,12H,7-9H2,1-2H3,(H,20,24)(H,21,22,23). The minimum atomic E-state index is -0.170. The molecule has 1 aliphatic heterocycles. The molecule has 8 heteroatoms. The minimum absolute atomic E-state index is 0.00198. The molecule has 0 spiro atoms. The lowest BCUT2D eigenvalue weighted by atomic mass is 10.0. The van der Waals surface area contributed by atoms with Gasteiger partial charge in [0, 0.05) is 10.6 Å². The minimum Gasteiger partial charge on any atom is -0.344 e. The van der Waals surface area contributed by atoms with Crippen LogP contribution in [0.5, 0.6) is 0 Å². The summed E-state index contributed by atoms with van der Waals surface area (Å²) in [6.45, 7) is 1.82. The van der Waals surface area contributed by atoms with E-state index in [1.807, 2.05) is 37.1 Å². The highest BCUT2D eigenvalue weighted by Gasteiger charge is 2.25. The molecule has 140 valence electrons. The van der Waals surface area contributed by atoms with E-state index in [0.717, 1.165) is 12.2 Å². The lowest BCUT2D eigenvalue weighted by molar-refractivity contribution is 0.0938. The van der Waals surface area contributed by atoms with E-state index in [-0.39, 0.29) is 17.5 Å². The Labute approximate surface area is 169 Å². The first kappa shape index (κ1) is 18.6. The number of thioether (sulfide) groups is 2. The molecule has 0 saturated carbocycles. The summed E-state index contributed by atoms with van der Waals surface area (Å²) in [7, 11) is 0. The Bertz CT molecular complexity index is 1070. The van der Waals surface area contributed by atoms with E-state index in [0.29, 0.717) is 32.2 Å². The summed E-state index contributed by atoms with van der Waals surface area (Å²) in [6.07, 6.45) is 2.86. The van der Waals surface area contributed by atoms with E-state index in [1.54, 1.807) is 11.8 Å². The number of fused-ring (bicyclic) bond motifs is 2. The maximum Gasteiger partial charge on any atom is 0.262 e. The molecule has 1 atom stereocenters. The second-order valence-corrected chi connectivity index (χ2v) is 9.38. The van der Waals surface area contributed by atoms with Crippen LogP contribution < -0.4 is 10.9 Å². The number of nitrogens with zero attached hydrogens (tertiary/aromatic N) is 1. The number of aromatic nitrogens is 2. The third kappa shape index (κ3) is 3.53. The van der Waals surface area contributed by atoms with Gasteiger partial charge in [0.25, 0.3) is 11.5 Å². The molecule has 0 saturated heterocycles. The molecule has 5 nitrogen and oxygen atoms in total. The van der Waals surface area contributed by atoms with Crippen molar-refractivity contribution >= 4 is 51.0 Å². The van der Waals surface area contributed by atoms with Crippen molar-refractivity contribution in [3.05, 3.63) is 56.4 Å². The van der Waals surface area contributed by atoms with E-state index < -0.39 is 0 Å². The fourth-order valence-corrected chi connectivity index (χ4v) is 5.97. The summed E-state index contributed by atoms with van der Waals surface area (Å²) in [5, 5.41) is 3.69. The molecule has 3 aromatic rings. The Morgan fingerprint density at radius 3 is 3.04 bits per heavy atom. The van der Waals surface area contributed by atoms with E-state index in [2.05, 4.69) is 27.4 Å². The van der Waals surface area contributed by atoms with E-state index in [1.165, 1.54) is 21.8 Å². The van der Waals surface area contributed by atoms with Crippen LogP contribution in [-0.2, 0) is 5.75 Å². The Balaban J connectivity index is 1.67.